The third kappa shape index (κ3) is 4.47. The van der Waals surface area contributed by atoms with Gasteiger partial charge in [0, 0.05) is 37.5 Å². The Morgan fingerprint density at radius 2 is 1.96 bits per heavy atom. The summed E-state index contributed by atoms with van der Waals surface area (Å²) in [6.45, 7) is 2.70. The van der Waals surface area contributed by atoms with E-state index < -0.39 is 0 Å². The van der Waals surface area contributed by atoms with E-state index in [0.29, 0.717) is 30.2 Å². The number of anilines is 1. The van der Waals surface area contributed by atoms with Gasteiger partial charge in [-0.05, 0) is 35.4 Å². The van der Waals surface area contributed by atoms with Crippen LogP contribution >= 0.6 is 12.4 Å². The van der Waals surface area contributed by atoms with E-state index in [1.807, 2.05) is 42.5 Å². The van der Waals surface area contributed by atoms with E-state index in [1.165, 1.54) is 11.1 Å². The number of hydrogen-bond acceptors (Lipinski definition) is 4. The average molecular weight is 349 g/mol. The monoisotopic (exact) mass is 348 g/mol. The third-order valence-corrected chi connectivity index (χ3v) is 3.75. The normalized spacial score (nSPS) is 12.2. The van der Waals surface area contributed by atoms with Crippen molar-refractivity contribution in [3.05, 3.63) is 59.2 Å². The van der Waals surface area contributed by atoms with Gasteiger partial charge < -0.3 is 20.1 Å². The molecule has 0 fully saturated rings. The molecule has 1 aliphatic rings. The first kappa shape index (κ1) is 18.3. The van der Waals surface area contributed by atoms with Gasteiger partial charge in [0.1, 0.15) is 12.4 Å². The number of carbonyl (C=O) groups excluding carboxylic acids is 1. The molecule has 3 rings (SSSR count). The fourth-order valence-corrected chi connectivity index (χ4v) is 2.55. The highest BCUT2D eigenvalue weighted by Crippen LogP contribution is 2.20. The van der Waals surface area contributed by atoms with Crippen molar-refractivity contribution in [1.82, 2.24) is 5.32 Å². The number of carbonyl (C=O) groups is 1. The largest absolute Gasteiger partial charge is 0.491 e. The Morgan fingerprint density at radius 1 is 1.12 bits per heavy atom. The van der Waals surface area contributed by atoms with Crippen LogP contribution in [0.3, 0.4) is 0 Å². The van der Waals surface area contributed by atoms with E-state index in [4.69, 9.17) is 9.47 Å². The molecule has 0 aliphatic carbocycles. The molecule has 0 spiro atoms. The molecular formula is C18H21ClN2O3. The first-order chi connectivity index (χ1) is 11.3. The Balaban J connectivity index is 0.00000208. The van der Waals surface area contributed by atoms with Crippen LogP contribution in [0.1, 0.15) is 21.5 Å². The number of halogens is 1. The van der Waals surface area contributed by atoms with Crippen LogP contribution in [0.5, 0.6) is 5.75 Å². The fraction of sp³-hybridized carbons (Fsp3) is 0.278. The molecule has 24 heavy (non-hydrogen) atoms. The van der Waals surface area contributed by atoms with Gasteiger partial charge in [0.25, 0.3) is 5.91 Å². The average Bonchev–Trinajstić information content (AvgIpc) is 3.03. The van der Waals surface area contributed by atoms with Gasteiger partial charge in [-0.15, -0.1) is 12.4 Å². The number of rotatable bonds is 6. The Hall–Kier alpha value is -2.08. The van der Waals surface area contributed by atoms with Crippen LogP contribution in [0.25, 0.3) is 0 Å². The molecule has 0 unspecified atom stereocenters. The van der Waals surface area contributed by atoms with Gasteiger partial charge in [0.2, 0.25) is 0 Å². The van der Waals surface area contributed by atoms with Gasteiger partial charge >= 0.3 is 0 Å². The molecule has 0 radical (unpaired) electrons. The third-order valence-electron chi connectivity index (χ3n) is 3.75. The first-order valence-electron chi connectivity index (χ1n) is 7.62. The standard InChI is InChI=1S/C18H20N2O3.ClH/c1-22-7-8-23-17-4-2-3-16(10-17)20-18(21)13-5-6-14-11-19-12-15(14)9-13;/h2-6,9-10,19H,7-8,11-12H2,1H3,(H,20,21);1H. The number of hydrogen-bond donors (Lipinski definition) is 2. The van der Waals surface area contributed by atoms with E-state index >= 15 is 0 Å². The Morgan fingerprint density at radius 3 is 2.79 bits per heavy atom. The summed E-state index contributed by atoms with van der Waals surface area (Å²) in [6, 6.07) is 13.2. The van der Waals surface area contributed by atoms with Crippen molar-refractivity contribution in [3.63, 3.8) is 0 Å². The van der Waals surface area contributed by atoms with E-state index in [2.05, 4.69) is 10.6 Å². The quantitative estimate of drug-likeness (QED) is 0.788. The molecule has 2 aromatic carbocycles. The minimum atomic E-state index is -0.117. The highest BCUT2D eigenvalue weighted by Gasteiger charge is 2.13. The summed E-state index contributed by atoms with van der Waals surface area (Å²) in [7, 11) is 1.63. The predicted molar refractivity (Wildman–Crippen MR) is 96.0 cm³/mol. The smallest absolute Gasteiger partial charge is 0.255 e. The molecular weight excluding hydrogens is 328 g/mol. The lowest BCUT2D eigenvalue weighted by atomic mass is 10.1. The fourth-order valence-electron chi connectivity index (χ4n) is 2.55. The van der Waals surface area contributed by atoms with Crippen LogP contribution in [0.2, 0.25) is 0 Å². The van der Waals surface area contributed by atoms with Gasteiger partial charge in [-0.3, -0.25) is 4.79 Å². The number of benzene rings is 2. The van der Waals surface area contributed by atoms with Crippen molar-refractivity contribution in [3.8, 4) is 5.75 Å². The first-order valence-corrected chi connectivity index (χ1v) is 7.62. The molecule has 128 valence electrons. The second-order valence-electron chi connectivity index (χ2n) is 5.41. The van der Waals surface area contributed by atoms with E-state index in [-0.39, 0.29) is 18.3 Å². The topological polar surface area (TPSA) is 59.6 Å². The number of ether oxygens (including phenoxy) is 2. The van der Waals surface area contributed by atoms with Crippen molar-refractivity contribution >= 4 is 24.0 Å². The SMILES string of the molecule is COCCOc1cccc(NC(=O)c2ccc3c(c2)CNC3)c1.Cl. The molecule has 0 saturated carbocycles. The summed E-state index contributed by atoms with van der Waals surface area (Å²) < 4.78 is 10.5. The maximum atomic E-state index is 12.4. The Bertz CT molecular complexity index is 706. The minimum absolute atomic E-state index is 0. The lowest BCUT2D eigenvalue weighted by Gasteiger charge is -2.09. The minimum Gasteiger partial charge on any atom is -0.491 e. The molecule has 5 nitrogen and oxygen atoms in total. The van der Waals surface area contributed by atoms with Gasteiger partial charge in [-0.2, -0.15) is 0 Å². The molecule has 2 N–H and O–H groups in total. The number of fused-ring (bicyclic) bond motifs is 1. The van der Waals surface area contributed by atoms with Crippen molar-refractivity contribution in [2.45, 2.75) is 13.1 Å². The predicted octanol–water partition coefficient (Wildman–Crippen LogP) is 2.99. The van der Waals surface area contributed by atoms with Gasteiger partial charge in [0.05, 0.1) is 6.61 Å². The second-order valence-corrected chi connectivity index (χ2v) is 5.41. The zero-order valence-electron chi connectivity index (χ0n) is 13.5. The van der Waals surface area contributed by atoms with E-state index in [0.717, 1.165) is 13.1 Å². The number of methoxy groups -OCH3 is 1. The molecule has 1 aliphatic heterocycles. The summed E-state index contributed by atoms with van der Waals surface area (Å²) in [6.07, 6.45) is 0. The van der Waals surface area contributed by atoms with Gasteiger partial charge in [-0.25, -0.2) is 0 Å². The number of nitrogens with one attached hydrogen (secondary N) is 2. The Kier molecular flexibility index (Phi) is 6.61. The number of amides is 1. The van der Waals surface area contributed by atoms with Crippen LogP contribution in [-0.4, -0.2) is 26.2 Å². The molecule has 6 heteroatoms. The second kappa shape index (κ2) is 8.68. The van der Waals surface area contributed by atoms with Gasteiger partial charge in [-0.1, -0.05) is 12.1 Å². The molecule has 1 heterocycles. The van der Waals surface area contributed by atoms with Crippen molar-refractivity contribution < 1.29 is 14.3 Å². The lowest BCUT2D eigenvalue weighted by Crippen LogP contribution is -2.12. The molecule has 0 bridgehead atoms. The van der Waals surface area contributed by atoms with E-state index in [9.17, 15) is 4.79 Å². The van der Waals surface area contributed by atoms with E-state index in [1.54, 1.807) is 7.11 Å². The van der Waals surface area contributed by atoms with Crippen molar-refractivity contribution in [1.29, 1.82) is 0 Å². The zero-order chi connectivity index (χ0) is 16.1. The van der Waals surface area contributed by atoms with Crippen molar-refractivity contribution in [2.75, 3.05) is 25.6 Å². The summed E-state index contributed by atoms with van der Waals surface area (Å²) in [4.78, 5) is 12.4. The van der Waals surface area contributed by atoms with Crippen molar-refractivity contribution in [2.24, 2.45) is 0 Å². The van der Waals surface area contributed by atoms with Crippen LogP contribution in [0, 0.1) is 0 Å². The lowest BCUT2D eigenvalue weighted by molar-refractivity contribution is 0.102. The maximum absolute atomic E-state index is 12.4. The van der Waals surface area contributed by atoms with Crippen LogP contribution in [0.15, 0.2) is 42.5 Å². The molecule has 1 amide bonds. The van der Waals surface area contributed by atoms with Crippen LogP contribution < -0.4 is 15.4 Å². The molecule has 0 aromatic heterocycles. The highest BCUT2D eigenvalue weighted by molar-refractivity contribution is 6.04. The van der Waals surface area contributed by atoms with Crippen LogP contribution in [0.4, 0.5) is 5.69 Å². The Labute approximate surface area is 147 Å². The van der Waals surface area contributed by atoms with Gasteiger partial charge in [0.15, 0.2) is 0 Å². The molecule has 0 atom stereocenters. The molecule has 2 aromatic rings. The van der Waals surface area contributed by atoms with Crippen LogP contribution in [-0.2, 0) is 17.8 Å². The summed E-state index contributed by atoms with van der Waals surface area (Å²) in [5.74, 6) is 0.590. The molecule has 0 saturated heterocycles. The maximum Gasteiger partial charge on any atom is 0.255 e. The summed E-state index contributed by atoms with van der Waals surface area (Å²) in [5, 5.41) is 6.19. The summed E-state index contributed by atoms with van der Waals surface area (Å²) in [5.41, 5.74) is 3.83. The summed E-state index contributed by atoms with van der Waals surface area (Å²) >= 11 is 0. The zero-order valence-corrected chi connectivity index (χ0v) is 14.3. The highest BCUT2D eigenvalue weighted by atomic mass is 35.5.